The van der Waals surface area contributed by atoms with Crippen molar-refractivity contribution in [3.05, 3.63) is 23.6 Å². The molecule has 1 nitrogen and oxygen atoms in total. The van der Waals surface area contributed by atoms with E-state index in [0.29, 0.717) is 12.8 Å². The first-order chi connectivity index (χ1) is 5.24. The second-order valence-corrected chi connectivity index (χ2v) is 2.93. The van der Waals surface area contributed by atoms with Crippen molar-refractivity contribution in [1.29, 1.82) is 0 Å². The Bertz CT molecular complexity index is 194. The molecule has 0 aromatic heterocycles. The highest BCUT2D eigenvalue weighted by Crippen LogP contribution is 2.26. The van der Waals surface area contributed by atoms with E-state index in [2.05, 4.69) is 0 Å². The van der Waals surface area contributed by atoms with Crippen LogP contribution in [-0.2, 0) is 0 Å². The first-order valence-electron chi connectivity index (χ1n) is 3.90. The topological polar surface area (TPSA) is 20.2 Å². The van der Waals surface area contributed by atoms with Crippen molar-refractivity contribution < 1.29 is 9.50 Å². The summed E-state index contributed by atoms with van der Waals surface area (Å²) in [4.78, 5) is 0. The lowest BCUT2D eigenvalue weighted by molar-refractivity contribution is 0.293. The summed E-state index contributed by atoms with van der Waals surface area (Å²) in [5.74, 6) is 0.200. The summed E-state index contributed by atoms with van der Waals surface area (Å²) in [5.41, 5.74) is 1.15. The molecule has 0 amide bonds. The minimum absolute atomic E-state index is 0.0563. The number of hydrogen-bond acceptors (Lipinski definition) is 1. The van der Waals surface area contributed by atoms with Gasteiger partial charge in [-0.05, 0) is 18.4 Å². The van der Waals surface area contributed by atoms with Gasteiger partial charge in [0.2, 0.25) is 0 Å². The summed E-state index contributed by atoms with van der Waals surface area (Å²) >= 11 is 0. The Labute approximate surface area is 66.2 Å². The Morgan fingerprint density at radius 2 is 2.36 bits per heavy atom. The van der Waals surface area contributed by atoms with Crippen LogP contribution in [0.1, 0.15) is 19.8 Å². The lowest BCUT2D eigenvalue weighted by atomic mass is 9.91. The van der Waals surface area contributed by atoms with Crippen LogP contribution in [-0.4, -0.2) is 11.7 Å². The van der Waals surface area contributed by atoms with Gasteiger partial charge in [-0.25, -0.2) is 4.39 Å². The van der Waals surface area contributed by atoms with Gasteiger partial charge < -0.3 is 5.11 Å². The molecule has 0 saturated heterocycles. The van der Waals surface area contributed by atoms with Crippen LogP contribution >= 0.6 is 0 Å². The average molecular weight is 156 g/mol. The maximum absolute atomic E-state index is 12.6. The SMILES string of the molecule is CC1CC(F)=CC=C1CCO. The fourth-order valence-corrected chi connectivity index (χ4v) is 1.31. The molecule has 0 saturated carbocycles. The van der Waals surface area contributed by atoms with E-state index in [4.69, 9.17) is 5.11 Å². The maximum atomic E-state index is 12.6. The lowest BCUT2D eigenvalue weighted by Gasteiger charge is -2.17. The molecule has 1 N–H and O–H groups in total. The fraction of sp³-hybridized carbons (Fsp3) is 0.556. The normalized spacial score (nSPS) is 24.5. The third kappa shape index (κ3) is 2.15. The van der Waals surface area contributed by atoms with Crippen molar-refractivity contribution in [3.63, 3.8) is 0 Å². The van der Waals surface area contributed by atoms with Gasteiger partial charge in [0, 0.05) is 13.0 Å². The predicted octanol–water partition coefficient (Wildman–Crippen LogP) is 2.19. The third-order valence-corrected chi connectivity index (χ3v) is 2.01. The van der Waals surface area contributed by atoms with Crippen LogP contribution in [0.4, 0.5) is 4.39 Å². The van der Waals surface area contributed by atoms with Gasteiger partial charge in [-0.15, -0.1) is 0 Å². The first kappa shape index (κ1) is 8.47. The number of aliphatic hydroxyl groups excluding tert-OH is 1. The van der Waals surface area contributed by atoms with Gasteiger partial charge in [0.1, 0.15) is 5.83 Å². The molecule has 62 valence electrons. The van der Waals surface area contributed by atoms with E-state index in [1.165, 1.54) is 6.08 Å². The highest BCUT2D eigenvalue weighted by Gasteiger charge is 2.13. The minimum atomic E-state index is -0.0563. The van der Waals surface area contributed by atoms with Crippen LogP contribution in [0, 0.1) is 5.92 Å². The van der Waals surface area contributed by atoms with Gasteiger partial charge in [-0.1, -0.05) is 18.6 Å². The predicted molar refractivity (Wildman–Crippen MR) is 42.8 cm³/mol. The monoisotopic (exact) mass is 156 g/mol. The fourth-order valence-electron chi connectivity index (χ4n) is 1.31. The van der Waals surface area contributed by atoms with Crippen molar-refractivity contribution in [2.24, 2.45) is 5.92 Å². The zero-order valence-electron chi connectivity index (χ0n) is 6.68. The average Bonchev–Trinajstić information content (AvgIpc) is 1.95. The van der Waals surface area contributed by atoms with Gasteiger partial charge in [0.15, 0.2) is 0 Å². The van der Waals surface area contributed by atoms with Crippen molar-refractivity contribution in [2.45, 2.75) is 19.8 Å². The van der Waals surface area contributed by atoms with E-state index in [-0.39, 0.29) is 18.4 Å². The molecule has 0 fully saturated rings. The highest BCUT2D eigenvalue weighted by molar-refractivity contribution is 5.22. The quantitative estimate of drug-likeness (QED) is 0.649. The summed E-state index contributed by atoms with van der Waals surface area (Å²) in [6.45, 7) is 2.14. The van der Waals surface area contributed by atoms with Crippen molar-refractivity contribution in [3.8, 4) is 0 Å². The Hall–Kier alpha value is -0.630. The summed E-state index contributed by atoms with van der Waals surface area (Å²) in [6, 6.07) is 0. The third-order valence-electron chi connectivity index (χ3n) is 2.01. The van der Waals surface area contributed by atoms with E-state index >= 15 is 0 Å². The molecule has 0 spiro atoms. The van der Waals surface area contributed by atoms with Crippen LogP contribution < -0.4 is 0 Å². The largest absolute Gasteiger partial charge is 0.396 e. The molecule has 1 aliphatic rings. The Morgan fingerprint density at radius 3 is 2.91 bits per heavy atom. The molecular weight excluding hydrogens is 143 g/mol. The van der Waals surface area contributed by atoms with E-state index in [9.17, 15) is 4.39 Å². The minimum Gasteiger partial charge on any atom is -0.396 e. The number of aliphatic hydroxyl groups is 1. The summed E-state index contributed by atoms with van der Waals surface area (Å²) in [6.07, 6.45) is 4.43. The lowest BCUT2D eigenvalue weighted by Crippen LogP contribution is -2.05. The molecule has 0 aromatic rings. The summed E-state index contributed by atoms with van der Waals surface area (Å²) in [7, 11) is 0. The van der Waals surface area contributed by atoms with Crippen molar-refractivity contribution >= 4 is 0 Å². The number of allylic oxidation sites excluding steroid dienone is 3. The molecule has 2 heteroatoms. The van der Waals surface area contributed by atoms with E-state index in [1.807, 2.05) is 6.92 Å². The Balaban J connectivity index is 2.62. The van der Waals surface area contributed by atoms with E-state index < -0.39 is 0 Å². The summed E-state index contributed by atoms with van der Waals surface area (Å²) in [5, 5.41) is 8.65. The molecule has 0 bridgehead atoms. The van der Waals surface area contributed by atoms with Crippen molar-refractivity contribution in [2.75, 3.05) is 6.61 Å². The number of halogens is 1. The van der Waals surface area contributed by atoms with Crippen LogP contribution in [0.15, 0.2) is 23.6 Å². The molecule has 0 aliphatic heterocycles. The van der Waals surface area contributed by atoms with Gasteiger partial charge in [-0.3, -0.25) is 0 Å². The van der Waals surface area contributed by atoms with Crippen LogP contribution in [0.2, 0.25) is 0 Å². The van der Waals surface area contributed by atoms with Crippen LogP contribution in [0.3, 0.4) is 0 Å². The number of rotatable bonds is 2. The highest BCUT2D eigenvalue weighted by atomic mass is 19.1. The zero-order valence-corrected chi connectivity index (χ0v) is 6.68. The van der Waals surface area contributed by atoms with Crippen LogP contribution in [0.5, 0.6) is 0 Å². The second-order valence-electron chi connectivity index (χ2n) is 2.93. The van der Waals surface area contributed by atoms with E-state index in [0.717, 1.165) is 5.57 Å². The molecule has 0 radical (unpaired) electrons. The molecule has 0 aromatic carbocycles. The molecular formula is C9H13FO. The summed E-state index contributed by atoms with van der Waals surface area (Å²) < 4.78 is 12.6. The second kappa shape index (κ2) is 3.67. The smallest absolute Gasteiger partial charge is 0.100 e. The van der Waals surface area contributed by atoms with Gasteiger partial charge in [0.25, 0.3) is 0 Å². The molecule has 1 unspecified atom stereocenters. The molecule has 1 rings (SSSR count). The van der Waals surface area contributed by atoms with E-state index in [1.54, 1.807) is 6.08 Å². The standard InChI is InChI=1S/C9H13FO/c1-7-6-9(10)3-2-8(7)4-5-11/h2-3,7,11H,4-6H2,1H3. The maximum Gasteiger partial charge on any atom is 0.100 e. The molecule has 0 heterocycles. The molecule has 1 atom stereocenters. The van der Waals surface area contributed by atoms with Gasteiger partial charge >= 0.3 is 0 Å². The molecule has 1 aliphatic carbocycles. The number of hydrogen-bond donors (Lipinski definition) is 1. The van der Waals surface area contributed by atoms with Gasteiger partial charge in [-0.2, -0.15) is 0 Å². The first-order valence-corrected chi connectivity index (χ1v) is 3.90. The zero-order chi connectivity index (χ0) is 8.27. The Morgan fingerprint density at radius 1 is 1.64 bits per heavy atom. The Kier molecular flexibility index (Phi) is 2.83. The molecule has 11 heavy (non-hydrogen) atoms. The van der Waals surface area contributed by atoms with Gasteiger partial charge in [0.05, 0.1) is 0 Å². The van der Waals surface area contributed by atoms with Crippen molar-refractivity contribution in [1.82, 2.24) is 0 Å². The van der Waals surface area contributed by atoms with Crippen LogP contribution in [0.25, 0.3) is 0 Å².